The molecule has 36 heavy (non-hydrogen) atoms. The molecule has 3 unspecified atom stereocenters. The van der Waals surface area contributed by atoms with Crippen LogP contribution in [0.1, 0.15) is 39.9 Å². The van der Waals surface area contributed by atoms with E-state index >= 15 is 0 Å². The van der Waals surface area contributed by atoms with Gasteiger partial charge in [-0.05, 0) is 55.0 Å². The van der Waals surface area contributed by atoms with Crippen LogP contribution in [0.3, 0.4) is 0 Å². The van der Waals surface area contributed by atoms with Crippen LogP contribution < -0.4 is 11.1 Å². The zero-order valence-electron chi connectivity index (χ0n) is 19.7. The van der Waals surface area contributed by atoms with Crippen LogP contribution in [0, 0.1) is 6.92 Å². The van der Waals surface area contributed by atoms with E-state index in [4.69, 9.17) is 10.7 Å². The zero-order chi connectivity index (χ0) is 24.9. The van der Waals surface area contributed by atoms with Crippen molar-refractivity contribution < 1.29 is 5.11 Å². The number of nitrogens with two attached hydrogens (primary N) is 1. The summed E-state index contributed by atoms with van der Waals surface area (Å²) in [4.78, 5) is 18.8. The Labute approximate surface area is 213 Å². The molecule has 4 aromatic heterocycles. The van der Waals surface area contributed by atoms with E-state index < -0.39 is 18.1 Å². The van der Waals surface area contributed by atoms with Gasteiger partial charge < -0.3 is 16.2 Å². The number of aliphatic hydroxyl groups is 1. The predicted molar refractivity (Wildman–Crippen MR) is 143 cm³/mol. The first-order chi connectivity index (χ1) is 17.6. The van der Waals surface area contributed by atoms with Crippen molar-refractivity contribution in [3.63, 3.8) is 0 Å². The summed E-state index contributed by atoms with van der Waals surface area (Å²) < 4.78 is 0. The van der Waals surface area contributed by atoms with Crippen molar-refractivity contribution in [2.75, 3.05) is 11.1 Å². The maximum atomic E-state index is 12.0. The van der Waals surface area contributed by atoms with Crippen LogP contribution in [0.4, 0.5) is 11.5 Å². The van der Waals surface area contributed by atoms with Gasteiger partial charge in [-0.3, -0.25) is 9.97 Å². The Morgan fingerprint density at radius 1 is 0.861 bits per heavy atom. The van der Waals surface area contributed by atoms with Crippen LogP contribution in [0.2, 0.25) is 0 Å². The van der Waals surface area contributed by atoms with E-state index in [-0.39, 0.29) is 0 Å². The Balaban J connectivity index is 1.63. The lowest BCUT2D eigenvalue weighted by molar-refractivity contribution is 0.136. The Morgan fingerprint density at radius 2 is 1.58 bits per heavy atom. The number of anilines is 2. The number of aromatic nitrogens is 4. The summed E-state index contributed by atoms with van der Waals surface area (Å²) in [7, 11) is 0. The van der Waals surface area contributed by atoms with E-state index in [1.54, 1.807) is 24.8 Å². The predicted octanol–water partition coefficient (Wildman–Crippen LogP) is 5.56. The maximum absolute atomic E-state index is 12.0. The summed E-state index contributed by atoms with van der Waals surface area (Å²) in [5.74, 6) is 0.194. The average molecular weight is 495 g/mol. The number of aryl methyl sites for hydroxylation is 1. The summed E-state index contributed by atoms with van der Waals surface area (Å²) in [5, 5.41) is 16.4. The normalized spacial score (nSPS) is 13.6. The molecule has 0 aliphatic rings. The highest BCUT2D eigenvalue weighted by Gasteiger charge is 2.36. The van der Waals surface area contributed by atoms with Gasteiger partial charge in [0.25, 0.3) is 0 Å². The highest BCUT2D eigenvalue weighted by molar-refractivity contribution is 7.15. The molecule has 180 valence electrons. The molecule has 4 heterocycles. The standard InChI is InChI=1S/C28H26N6OS/c1-18-27(36-28(33-18)19-12-16-30-17-13-19)26(35)24(22-10-4-6-14-31-22)25(20-8-2-3-9-21(20)29)34-23-11-5-7-15-32-23/h2-17,24-26,35H,29H2,1H3,(H,32,34). The second-order valence-corrected chi connectivity index (χ2v) is 9.43. The van der Waals surface area contributed by atoms with Crippen molar-refractivity contribution in [2.45, 2.75) is 25.0 Å². The van der Waals surface area contributed by atoms with Crippen LogP contribution in [0.25, 0.3) is 10.6 Å². The molecule has 1 aromatic carbocycles. The molecule has 3 atom stereocenters. The third-order valence-corrected chi connectivity index (χ3v) is 7.33. The van der Waals surface area contributed by atoms with Gasteiger partial charge in [0.15, 0.2) is 0 Å². The summed E-state index contributed by atoms with van der Waals surface area (Å²) >= 11 is 1.48. The first-order valence-corrected chi connectivity index (χ1v) is 12.4. The molecule has 0 bridgehead atoms. The topological polar surface area (TPSA) is 110 Å². The minimum atomic E-state index is -0.909. The number of thiazole rings is 1. The van der Waals surface area contributed by atoms with E-state index in [0.29, 0.717) is 11.5 Å². The molecule has 0 spiro atoms. The van der Waals surface area contributed by atoms with Crippen LogP contribution in [0.15, 0.2) is 97.6 Å². The Bertz CT molecular complexity index is 1410. The van der Waals surface area contributed by atoms with E-state index in [2.05, 4.69) is 20.3 Å². The van der Waals surface area contributed by atoms with Crippen molar-refractivity contribution in [3.8, 4) is 10.6 Å². The molecule has 5 rings (SSSR count). The minimum Gasteiger partial charge on any atom is -0.398 e. The molecule has 0 saturated carbocycles. The lowest BCUT2D eigenvalue weighted by atomic mass is 9.83. The molecule has 0 aliphatic heterocycles. The van der Waals surface area contributed by atoms with Crippen LogP contribution in [-0.4, -0.2) is 25.0 Å². The number of nitrogen functional groups attached to an aromatic ring is 1. The fourth-order valence-electron chi connectivity index (χ4n) is 4.31. The Hall–Kier alpha value is -4.14. The second-order valence-electron chi connectivity index (χ2n) is 8.40. The summed E-state index contributed by atoms with van der Waals surface area (Å²) in [6.07, 6.45) is 6.04. The molecule has 4 N–H and O–H groups in total. The molecule has 8 heteroatoms. The van der Waals surface area contributed by atoms with E-state index in [0.717, 1.165) is 32.4 Å². The monoisotopic (exact) mass is 494 g/mol. The summed E-state index contributed by atoms with van der Waals surface area (Å²) in [6.45, 7) is 1.92. The van der Waals surface area contributed by atoms with Gasteiger partial charge in [0, 0.05) is 41.7 Å². The van der Waals surface area contributed by atoms with Gasteiger partial charge in [0.05, 0.1) is 22.5 Å². The van der Waals surface area contributed by atoms with Crippen molar-refractivity contribution in [1.29, 1.82) is 0 Å². The molecule has 0 aliphatic carbocycles. The SMILES string of the molecule is Cc1nc(-c2ccncc2)sc1C(O)C(c1ccccn1)C(Nc1ccccn1)c1ccccc1N. The fraction of sp³-hybridized carbons (Fsp3) is 0.143. The number of nitrogens with zero attached hydrogens (tertiary/aromatic N) is 4. The first kappa shape index (κ1) is 23.6. The maximum Gasteiger partial charge on any atom is 0.126 e. The molecular weight excluding hydrogens is 468 g/mol. The van der Waals surface area contributed by atoms with Gasteiger partial charge in [0.2, 0.25) is 0 Å². The average Bonchev–Trinajstić information content (AvgIpc) is 3.32. The van der Waals surface area contributed by atoms with E-state index in [9.17, 15) is 5.11 Å². The van der Waals surface area contributed by atoms with Crippen molar-refractivity contribution in [3.05, 3.63) is 119 Å². The first-order valence-electron chi connectivity index (χ1n) is 11.6. The number of para-hydroxylation sites is 1. The summed E-state index contributed by atoms with van der Waals surface area (Å²) in [5.41, 5.74) is 10.4. The van der Waals surface area contributed by atoms with Gasteiger partial charge in [0.1, 0.15) is 16.9 Å². The van der Waals surface area contributed by atoms with E-state index in [1.165, 1.54) is 11.3 Å². The smallest absolute Gasteiger partial charge is 0.126 e. The lowest BCUT2D eigenvalue weighted by Gasteiger charge is -2.32. The molecule has 0 radical (unpaired) electrons. The number of aliphatic hydroxyl groups excluding tert-OH is 1. The van der Waals surface area contributed by atoms with Crippen LogP contribution >= 0.6 is 11.3 Å². The number of hydrogen-bond donors (Lipinski definition) is 3. The number of nitrogens with one attached hydrogen (secondary N) is 1. The van der Waals surface area contributed by atoms with E-state index in [1.807, 2.05) is 79.7 Å². The number of pyridine rings is 3. The van der Waals surface area contributed by atoms with Crippen molar-refractivity contribution >= 4 is 22.8 Å². The van der Waals surface area contributed by atoms with Crippen molar-refractivity contribution in [1.82, 2.24) is 19.9 Å². The summed E-state index contributed by atoms with van der Waals surface area (Å²) in [6, 6.07) is 22.5. The van der Waals surface area contributed by atoms with Gasteiger partial charge in [-0.15, -0.1) is 11.3 Å². The quantitative estimate of drug-likeness (QED) is 0.242. The van der Waals surface area contributed by atoms with Gasteiger partial charge >= 0.3 is 0 Å². The molecular formula is C28H26N6OS. The van der Waals surface area contributed by atoms with Crippen LogP contribution in [0.5, 0.6) is 0 Å². The highest BCUT2D eigenvalue weighted by atomic mass is 32.1. The Morgan fingerprint density at radius 3 is 2.28 bits per heavy atom. The highest BCUT2D eigenvalue weighted by Crippen LogP contribution is 2.46. The van der Waals surface area contributed by atoms with Crippen molar-refractivity contribution in [2.24, 2.45) is 0 Å². The third kappa shape index (κ3) is 4.95. The number of hydrogen-bond acceptors (Lipinski definition) is 8. The molecule has 7 nitrogen and oxygen atoms in total. The number of rotatable bonds is 8. The Kier molecular flexibility index (Phi) is 6.97. The minimum absolute atomic E-state index is 0.420. The fourth-order valence-corrected chi connectivity index (χ4v) is 5.42. The van der Waals surface area contributed by atoms with Gasteiger partial charge in [-0.2, -0.15) is 0 Å². The van der Waals surface area contributed by atoms with Crippen LogP contribution in [-0.2, 0) is 0 Å². The molecule has 0 saturated heterocycles. The number of benzene rings is 1. The van der Waals surface area contributed by atoms with Gasteiger partial charge in [-0.1, -0.05) is 30.3 Å². The molecule has 5 aromatic rings. The molecule has 0 amide bonds. The second kappa shape index (κ2) is 10.6. The molecule has 0 fully saturated rings. The third-order valence-electron chi connectivity index (χ3n) is 6.06. The van der Waals surface area contributed by atoms with Gasteiger partial charge in [-0.25, -0.2) is 9.97 Å². The lowest BCUT2D eigenvalue weighted by Crippen LogP contribution is -2.27. The largest absolute Gasteiger partial charge is 0.398 e. The zero-order valence-corrected chi connectivity index (χ0v) is 20.5.